The van der Waals surface area contributed by atoms with Crippen LogP contribution in [0.4, 0.5) is 0 Å². The molecule has 0 fully saturated rings. The quantitative estimate of drug-likeness (QED) is 0.732. The molecular formula is C11H17NO. The van der Waals surface area contributed by atoms with Crippen LogP contribution in [-0.2, 0) is 0 Å². The van der Waals surface area contributed by atoms with Crippen LogP contribution < -0.4 is 5.73 Å². The van der Waals surface area contributed by atoms with Crippen LogP contribution in [-0.4, -0.2) is 5.11 Å². The summed E-state index contributed by atoms with van der Waals surface area (Å²) in [6.45, 7) is 6.05. The predicted molar refractivity (Wildman–Crippen MR) is 54.6 cm³/mol. The van der Waals surface area contributed by atoms with Crippen molar-refractivity contribution in [1.29, 1.82) is 0 Å². The molecule has 1 aromatic carbocycles. The molecular weight excluding hydrogens is 162 g/mol. The van der Waals surface area contributed by atoms with E-state index in [1.807, 2.05) is 19.1 Å². The monoisotopic (exact) mass is 179 g/mol. The van der Waals surface area contributed by atoms with Gasteiger partial charge in [0.2, 0.25) is 0 Å². The average molecular weight is 179 g/mol. The van der Waals surface area contributed by atoms with Crippen LogP contribution >= 0.6 is 0 Å². The maximum Gasteiger partial charge on any atom is 0.118 e. The average Bonchev–Trinajstić information content (AvgIpc) is 2.08. The number of nitrogens with two attached hydrogens (primary N) is 1. The fourth-order valence-electron chi connectivity index (χ4n) is 1.36. The van der Waals surface area contributed by atoms with Crippen molar-refractivity contribution in [2.45, 2.75) is 26.8 Å². The summed E-state index contributed by atoms with van der Waals surface area (Å²) in [4.78, 5) is 0. The summed E-state index contributed by atoms with van der Waals surface area (Å²) < 4.78 is 0. The second-order valence-corrected chi connectivity index (χ2v) is 3.76. The minimum Gasteiger partial charge on any atom is -0.508 e. The Morgan fingerprint density at radius 3 is 2.46 bits per heavy atom. The van der Waals surface area contributed by atoms with Gasteiger partial charge in [-0.3, -0.25) is 0 Å². The van der Waals surface area contributed by atoms with E-state index in [2.05, 4.69) is 13.8 Å². The lowest BCUT2D eigenvalue weighted by atomic mass is 9.93. The number of hydrogen-bond acceptors (Lipinski definition) is 2. The second-order valence-electron chi connectivity index (χ2n) is 3.76. The zero-order valence-electron chi connectivity index (χ0n) is 8.41. The molecule has 0 saturated heterocycles. The van der Waals surface area contributed by atoms with Gasteiger partial charge in [-0.2, -0.15) is 0 Å². The summed E-state index contributed by atoms with van der Waals surface area (Å²) in [5.41, 5.74) is 7.93. The van der Waals surface area contributed by atoms with E-state index in [0.29, 0.717) is 11.7 Å². The number of aromatic hydroxyl groups is 1. The number of phenolic OH excluding ortho intramolecular Hbond substituents is 1. The minimum atomic E-state index is 0.00657. The van der Waals surface area contributed by atoms with Crippen LogP contribution in [0, 0.1) is 12.8 Å². The van der Waals surface area contributed by atoms with E-state index < -0.39 is 0 Å². The van der Waals surface area contributed by atoms with Crippen LogP contribution in [0.2, 0.25) is 0 Å². The molecule has 1 rings (SSSR count). The van der Waals surface area contributed by atoms with Gasteiger partial charge in [0.05, 0.1) is 0 Å². The molecule has 0 amide bonds. The SMILES string of the molecule is Cc1c(O)cccc1[C@@H](N)C(C)C. The highest BCUT2D eigenvalue weighted by Crippen LogP contribution is 2.27. The van der Waals surface area contributed by atoms with Gasteiger partial charge in [-0.05, 0) is 30.0 Å². The third-order valence-corrected chi connectivity index (χ3v) is 2.42. The molecule has 72 valence electrons. The Bertz CT molecular complexity index is 294. The standard InChI is InChI=1S/C11H17NO/c1-7(2)11(12)9-5-4-6-10(13)8(9)3/h4-7,11,13H,12H2,1-3H3/t11-/m0/s1. The van der Waals surface area contributed by atoms with Crippen LogP contribution in [0.25, 0.3) is 0 Å². The van der Waals surface area contributed by atoms with Crippen LogP contribution in [0.3, 0.4) is 0 Å². The molecule has 0 unspecified atom stereocenters. The van der Waals surface area contributed by atoms with Gasteiger partial charge in [0.1, 0.15) is 5.75 Å². The van der Waals surface area contributed by atoms with Gasteiger partial charge in [0.15, 0.2) is 0 Å². The first-order valence-corrected chi connectivity index (χ1v) is 4.58. The molecule has 2 heteroatoms. The van der Waals surface area contributed by atoms with Crippen molar-refractivity contribution >= 4 is 0 Å². The second kappa shape index (κ2) is 3.79. The van der Waals surface area contributed by atoms with Crippen molar-refractivity contribution in [2.75, 3.05) is 0 Å². The van der Waals surface area contributed by atoms with Crippen molar-refractivity contribution < 1.29 is 5.11 Å². The van der Waals surface area contributed by atoms with Crippen molar-refractivity contribution in [3.63, 3.8) is 0 Å². The van der Waals surface area contributed by atoms with Crippen LogP contribution in [0.5, 0.6) is 5.75 Å². The first kappa shape index (κ1) is 10.1. The summed E-state index contributed by atoms with van der Waals surface area (Å²) >= 11 is 0. The van der Waals surface area contributed by atoms with Gasteiger partial charge in [0.25, 0.3) is 0 Å². The van der Waals surface area contributed by atoms with E-state index >= 15 is 0 Å². The Labute approximate surface area is 79.4 Å². The molecule has 0 aliphatic carbocycles. The first-order chi connectivity index (χ1) is 6.04. The molecule has 0 aliphatic rings. The third kappa shape index (κ3) is 2.01. The largest absolute Gasteiger partial charge is 0.508 e. The Morgan fingerprint density at radius 2 is 1.92 bits per heavy atom. The van der Waals surface area contributed by atoms with E-state index in [-0.39, 0.29) is 6.04 Å². The lowest BCUT2D eigenvalue weighted by Gasteiger charge is -2.18. The summed E-state index contributed by atoms with van der Waals surface area (Å²) in [6, 6.07) is 5.50. The van der Waals surface area contributed by atoms with E-state index in [9.17, 15) is 5.11 Å². The molecule has 0 aromatic heterocycles. The van der Waals surface area contributed by atoms with E-state index in [0.717, 1.165) is 11.1 Å². The molecule has 0 aliphatic heterocycles. The molecule has 1 aromatic rings. The highest BCUT2D eigenvalue weighted by Gasteiger charge is 2.13. The molecule has 0 radical (unpaired) electrons. The van der Waals surface area contributed by atoms with Crippen molar-refractivity contribution in [1.82, 2.24) is 0 Å². The smallest absolute Gasteiger partial charge is 0.118 e. The van der Waals surface area contributed by atoms with Gasteiger partial charge >= 0.3 is 0 Å². The summed E-state index contributed by atoms with van der Waals surface area (Å²) in [5, 5.41) is 9.48. The number of hydrogen-bond donors (Lipinski definition) is 2. The van der Waals surface area contributed by atoms with Crippen molar-refractivity contribution in [3.8, 4) is 5.75 Å². The van der Waals surface area contributed by atoms with Gasteiger partial charge in [-0.15, -0.1) is 0 Å². The normalized spacial score (nSPS) is 13.3. The molecule has 2 nitrogen and oxygen atoms in total. The molecule has 3 N–H and O–H groups in total. The Morgan fingerprint density at radius 1 is 1.31 bits per heavy atom. The lowest BCUT2D eigenvalue weighted by Crippen LogP contribution is -2.17. The Kier molecular flexibility index (Phi) is 2.94. The van der Waals surface area contributed by atoms with Crippen molar-refractivity contribution in [3.05, 3.63) is 29.3 Å². The lowest BCUT2D eigenvalue weighted by molar-refractivity contribution is 0.463. The number of phenols is 1. The fourth-order valence-corrected chi connectivity index (χ4v) is 1.36. The van der Waals surface area contributed by atoms with Gasteiger partial charge in [-0.25, -0.2) is 0 Å². The molecule has 0 heterocycles. The zero-order valence-corrected chi connectivity index (χ0v) is 8.41. The molecule has 13 heavy (non-hydrogen) atoms. The molecule has 0 saturated carbocycles. The Hall–Kier alpha value is -1.02. The highest BCUT2D eigenvalue weighted by molar-refractivity contribution is 5.39. The zero-order chi connectivity index (χ0) is 10.0. The van der Waals surface area contributed by atoms with Crippen LogP contribution in [0.15, 0.2) is 18.2 Å². The maximum absolute atomic E-state index is 9.48. The van der Waals surface area contributed by atoms with Crippen molar-refractivity contribution in [2.24, 2.45) is 11.7 Å². The van der Waals surface area contributed by atoms with E-state index in [4.69, 9.17) is 5.73 Å². The predicted octanol–water partition coefficient (Wildman–Crippen LogP) is 2.36. The minimum absolute atomic E-state index is 0.00657. The van der Waals surface area contributed by atoms with Crippen LogP contribution in [0.1, 0.15) is 31.0 Å². The van der Waals surface area contributed by atoms with E-state index in [1.165, 1.54) is 0 Å². The number of rotatable bonds is 2. The summed E-state index contributed by atoms with van der Waals surface area (Å²) in [7, 11) is 0. The first-order valence-electron chi connectivity index (χ1n) is 4.58. The molecule has 1 atom stereocenters. The fraction of sp³-hybridized carbons (Fsp3) is 0.455. The third-order valence-electron chi connectivity index (χ3n) is 2.42. The van der Waals surface area contributed by atoms with Gasteiger partial charge in [0, 0.05) is 6.04 Å². The molecule has 0 spiro atoms. The summed E-state index contributed by atoms with van der Waals surface area (Å²) in [5.74, 6) is 0.717. The maximum atomic E-state index is 9.48. The van der Waals surface area contributed by atoms with E-state index in [1.54, 1.807) is 6.07 Å². The highest BCUT2D eigenvalue weighted by atomic mass is 16.3. The topological polar surface area (TPSA) is 46.2 Å². The molecule has 0 bridgehead atoms. The van der Waals surface area contributed by atoms with Gasteiger partial charge in [-0.1, -0.05) is 26.0 Å². The summed E-state index contributed by atoms with van der Waals surface area (Å²) in [6.07, 6.45) is 0. The Balaban J connectivity index is 3.07. The van der Waals surface area contributed by atoms with Gasteiger partial charge < -0.3 is 10.8 Å². The number of benzene rings is 1.